The zero-order chi connectivity index (χ0) is 33.0. The van der Waals surface area contributed by atoms with Crippen molar-refractivity contribution in [3.05, 3.63) is 0 Å². The summed E-state index contributed by atoms with van der Waals surface area (Å²) in [4.78, 5) is 40.4. The van der Waals surface area contributed by atoms with Crippen LogP contribution in [0.15, 0.2) is 0 Å². The van der Waals surface area contributed by atoms with Crippen molar-refractivity contribution in [3.8, 4) is 0 Å². The Balaban J connectivity index is 2.60. The van der Waals surface area contributed by atoms with Crippen LogP contribution in [-0.4, -0.2) is 126 Å². The van der Waals surface area contributed by atoms with Gasteiger partial charge in [0.15, 0.2) is 12.4 Å². The topological polar surface area (TPSA) is 173 Å². The van der Waals surface area contributed by atoms with Crippen LogP contribution in [0, 0.1) is 17.8 Å². The smallest absolute Gasteiger partial charge is 0.311 e. The van der Waals surface area contributed by atoms with Crippen LogP contribution in [0.2, 0.25) is 0 Å². The highest BCUT2D eigenvalue weighted by Crippen LogP contribution is 2.38. The number of nitrogens with one attached hydrogen (secondary N) is 1. The number of aliphatic hydroxyl groups excluding tert-OH is 2. The molecule has 13 nitrogen and oxygen atoms in total. The molecule has 2 fully saturated rings. The van der Waals surface area contributed by atoms with Gasteiger partial charge < -0.3 is 49.2 Å². The van der Waals surface area contributed by atoms with E-state index in [2.05, 4.69) is 5.32 Å². The number of aliphatic hydroxyl groups is 3. The average molecular weight is 619 g/mol. The number of cyclic esters (lactones) is 1. The van der Waals surface area contributed by atoms with E-state index in [4.69, 9.17) is 23.7 Å². The van der Waals surface area contributed by atoms with Crippen molar-refractivity contribution >= 4 is 17.8 Å². The minimum atomic E-state index is -1.88. The molecule has 1 amide bonds. The van der Waals surface area contributed by atoms with Gasteiger partial charge in [-0.05, 0) is 61.6 Å². The van der Waals surface area contributed by atoms with E-state index in [9.17, 15) is 29.7 Å². The Morgan fingerprint density at radius 2 is 1.70 bits per heavy atom. The first-order valence-electron chi connectivity index (χ1n) is 15.0. The van der Waals surface area contributed by atoms with Crippen molar-refractivity contribution in [1.82, 2.24) is 10.2 Å². The molecular weight excluding hydrogens is 564 g/mol. The second-order valence-electron chi connectivity index (χ2n) is 13.2. The highest BCUT2D eigenvalue weighted by Gasteiger charge is 2.50. The molecule has 0 aromatic heterocycles. The van der Waals surface area contributed by atoms with E-state index in [0.29, 0.717) is 6.42 Å². The second kappa shape index (κ2) is 14.9. The zero-order valence-electron chi connectivity index (χ0n) is 27.5. The SMILES string of the molecule is CO[C@]1(C)C[C@@H](C)C(=O)N[C@H](C)C(O)[C@](C)(O)COC(=O)[C@H](C)[C@@H](O)[C@H](C)[C@H]1O[C@@H]1OC(C)C[C@H](N(C)C)C1OC(C)=O. The first-order valence-corrected chi connectivity index (χ1v) is 15.0. The molecule has 13 atom stereocenters. The number of esters is 2. The lowest BCUT2D eigenvalue weighted by molar-refractivity contribution is -0.303. The summed E-state index contributed by atoms with van der Waals surface area (Å²) < 4.78 is 29.9. The Morgan fingerprint density at radius 1 is 1.09 bits per heavy atom. The molecule has 2 rings (SSSR count). The molecule has 43 heavy (non-hydrogen) atoms. The molecule has 2 aliphatic rings. The van der Waals surface area contributed by atoms with Crippen molar-refractivity contribution in [2.45, 2.75) is 128 Å². The number of hydrogen-bond donors (Lipinski definition) is 4. The number of carbonyl (C=O) groups excluding carboxylic acids is 3. The van der Waals surface area contributed by atoms with Gasteiger partial charge in [-0.25, -0.2) is 0 Å². The Morgan fingerprint density at radius 3 is 2.23 bits per heavy atom. The number of likely N-dealkylation sites (N-methyl/N-ethyl adjacent to an activating group) is 1. The van der Waals surface area contributed by atoms with Gasteiger partial charge in [-0.15, -0.1) is 0 Å². The monoisotopic (exact) mass is 618 g/mol. The van der Waals surface area contributed by atoms with Gasteiger partial charge in [0.25, 0.3) is 0 Å². The molecule has 13 heteroatoms. The largest absolute Gasteiger partial charge is 0.462 e. The van der Waals surface area contributed by atoms with E-state index in [0.717, 1.165) is 0 Å². The van der Waals surface area contributed by atoms with Crippen molar-refractivity contribution in [3.63, 3.8) is 0 Å². The van der Waals surface area contributed by atoms with E-state index in [1.807, 2.05) is 25.9 Å². The summed E-state index contributed by atoms with van der Waals surface area (Å²) >= 11 is 0. The third-order valence-electron chi connectivity index (χ3n) is 8.95. The van der Waals surface area contributed by atoms with Gasteiger partial charge in [0.1, 0.15) is 18.3 Å². The molecular formula is C30H54N2O11. The van der Waals surface area contributed by atoms with E-state index in [1.165, 1.54) is 34.8 Å². The van der Waals surface area contributed by atoms with Crippen LogP contribution >= 0.6 is 0 Å². The van der Waals surface area contributed by atoms with E-state index >= 15 is 0 Å². The summed E-state index contributed by atoms with van der Waals surface area (Å²) in [5.41, 5.74) is -3.11. The summed E-state index contributed by atoms with van der Waals surface area (Å²) in [6.07, 6.45) is -5.24. The quantitative estimate of drug-likeness (QED) is 0.317. The number of rotatable bonds is 5. The Hall–Kier alpha value is -1.87. The van der Waals surface area contributed by atoms with Gasteiger partial charge in [-0.2, -0.15) is 0 Å². The molecule has 2 saturated heterocycles. The van der Waals surface area contributed by atoms with E-state index in [-0.39, 0.29) is 18.6 Å². The molecule has 0 spiro atoms. The number of carbonyl (C=O) groups is 3. The second-order valence-corrected chi connectivity index (χ2v) is 13.2. The number of hydrogen-bond acceptors (Lipinski definition) is 12. The van der Waals surface area contributed by atoms with Gasteiger partial charge in [-0.1, -0.05) is 13.8 Å². The highest BCUT2D eigenvalue weighted by atomic mass is 16.7. The third-order valence-corrected chi connectivity index (χ3v) is 8.95. The summed E-state index contributed by atoms with van der Waals surface area (Å²) in [5, 5.41) is 35.8. The first kappa shape index (κ1) is 37.3. The number of ether oxygens (including phenoxy) is 5. The van der Waals surface area contributed by atoms with Crippen molar-refractivity contribution in [1.29, 1.82) is 0 Å². The average Bonchev–Trinajstić information content (AvgIpc) is 2.92. The van der Waals surface area contributed by atoms with E-state index in [1.54, 1.807) is 20.8 Å². The first-order chi connectivity index (χ1) is 19.7. The molecule has 4 N–H and O–H groups in total. The molecule has 2 aliphatic heterocycles. The van der Waals surface area contributed by atoms with Gasteiger partial charge in [-0.3, -0.25) is 14.4 Å². The molecule has 0 aliphatic carbocycles. The van der Waals surface area contributed by atoms with Crippen molar-refractivity contribution in [2.75, 3.05) is 27.8 Å². The van der Waals surface area contributed by atoms with Gasteiger partial charge in [0, 0.05) is 25.9 Å². The molecule has 0 radical (unpaired) electrons. The summed E-state index contributed by atoms with van der Waals surface area (Å²) in [6, 6.07) is -1.13. The van der Waals surface area contributed by atoms with Crippen LogP contribution in [0.5, 0.6) is 0 Å². The lowest BCUT2D eigenvalue weighted by Gasteiger charge is -2.48. The minimum absolute atomic E-state index is 0.104. The lowest BCUT2D eigenvalue weighted by Crippen LogP contribution is -2.60. The number of nitrogens with zero attached hydrogens (tertiary/aromatic N) is 1. The zero-order valence-corrected chi connectivity index (χ0v) is 27.5. The van der Waals surface area contributed by atoms with Crippen LogP contribution in [0.1, 0.15) is 68.2 Å². The van der Waals surface area contributed by atoms with Crippen LogP contribution in [0.3, 0.4) is 0 Å². The summed E-state index contributed by atoms with van der Waals surface area (Å²) in [5.74, 6) is -4.26. The standard InChI is InChI=1S/C30H54N2O11/c1-15-13-30(8,39-11)25(43-28-23(42-20(6)33)21(32(9)10)12-16(2)41-28)17(3)22(34)18(4)27(37)40-14-29(7,38)24(35)19(5)31-26(15)36/h15-19,21-25,28,34-35,38H,12-14H2,1-11H3,(H,31,36)/t15-,16?,17+,18-,19-,21+,22+,23?,24?,25-,28+,29-,30-/m1/s1. The van der Waals surface area contributed by atoms with Gasteiger partial charge in [0.2, 0.25) is 5.91 Å². The van der Waals surface area contributed by atoms with Crippen molar-refractivity contribution < 1.29 is 53.4 Å². The Bertz CT molecular complexity index is 962. The number of amides is 1. The maximum absolute atomic E-state index is 13.3. The summed E-state index contributed by atoms with van der Waals surface area (Å²) in [6.45, 7) is 12.1. The van der Waals surface area contributed by atoms with Gasteiger partial charge >= 0.3 is 11.9 Å². The molecule has 250 valence electrons. The molecule has 0 aromatic carbocycles. The normalized spacial score (nSPS) is 44.1. The predicted octanol–water partition coefficient (Wildman–Crippen LogP) is 0.606. The van der Waals surface area contributed by atoms with Crippen LogP contribution < -0.4 is 5.32 Å². The fourth-order valence-electron chi connectivity index (χ4n) is 6.13. The lowest BCUT2D eigenvalue weighted by atomic mass is 9.77. The predicted molar refractivity (Wildman–Crippen MR) is 156 cm³/mol. The number of methoxy groups -OCH3 is 1. The maximum atomic E-state index is 13.3. The Labute approximate surface area is 255 Å². The molecule has 0 saturated carbocycles. The van der Waals surface area contributed by atoms with Crippen LogP contribution in [0.25, 0.3) is 0 Å². The maximum Gasteiger partial charge on any atom is 0.311 e. The molecule has 3 unspecified atom stereocenters. The van der Waals surface area contributed by atoms with Crippen LogP contribution in [0.4, 0.5) is 0 Å². The minimum Gasteiger partial charge on any atom is -0.462 e. The fraction of sp³-hybridized carbons (Fsp3) is 0.900. The van der Waals surface area contributed by atoms with E-state index < -0.39 is 90.2 Å². The molecule has 0 bridgehead atoms. The highest BCUT2D eigenvalue weighted by molar-refractivity contribution is 5.78. The molecule has 2 heterocycles. The third kappa shape index (κ3) is 9.09. The summed E-state index contributed by atoms with van der Waals surface area (Å²) in [7, 11) is 5.20. The fourth-order valence-corrected chi connectivity index (χ4v) is 6.13. The van der Waals surface area contributed by atoms with Crippen LogP contribution in [-0.2, 0) is 38.1 Å². The van der Waals surface area contributed by atoms with Gasteiger partial charge in [0.05, 0.1) is 41.9 Å². The van der Waals surface area contributed by atoms with Crippen molar-refractivity contribution in [2.24, 2.45) is 17.8 Å². The molecule has 0 aromatic rings. The Kier molecular flexibility index (Phi) is 13.0.